The van der Waals surface area contributed by atoms with Crippen LogP contribution in [0.2, 0.25) is 0 Å². The van der Waals surface area contributed by atoms with Crippen LogP contribution < -0.4 is 10.6 Å². The molecule has 0 saturated carbocycles. The monoisotopic (exact) mass is 444 g/mol. The third-order valence-corrected chi connectivity index (χ3v) is 6.10. The first kappa shape index (κ1) is 26.2. The van der Waals surface area contributed by atoms with E-state index in [-0.39, 0.29) is 36.8 Å². The molecular formula is C22H38Cl2N4O. The summed E-state index contributed by atoms with van der Waals surface area (Å²) in [5, 5.41) is 6.77. The molecule has 2 saturated heterocycles. The highest BCUT2D eigenvalue weighted by atomic mass is 35.5. The van der Waals surface area contributed by atoms with E-state index in [0.717, 1.165) is 52.0 Å². The summed E-state index contributed by atoms with van der Waals surface area (Å²) < 4.78 is 0. The number of piperazine rings is 1. The first-order chi connectivity index (χ1) is 13.1. The van der Waals surface area contributed by atoms with Crippen LogP contribution in [0.4, 0.5) is 0 Å². The molecule has 0 spiro atoms. The Morgan fingerprint density at radius 1 is 1.14 bits per heavy atom. The van der Waals surface area contributed by atoms with Gasteiger partial charge in [-0.25, -0.2) is 0 Å². The highest BCUT2D eigenvalue weighted by Gasteiger charge is 2.27. The fourth-order valence-electron chi connectivity index (χ4n) is 4.26. The van der Waals surface area contributed by atoms with Gasteiger partial charge < -0.3 is 15.5 Å². The van der Waals surface area contributed by atoms with E-state index in [1.54, 1.807) is 0 Å². The molecule has 2 aliphatic heterocycles. The van der Waals surface area contributed by atoms with Crippen LogP contribution in [0.3, 0.4) is 0 Å². The Labute approximate surface area is 188 Å². The molecule has 0 aromatic heterocycles. The summed E-state index contributed by atoms with van der Waals surface area (Å²) in [4.78, 5) is 17.5. The molecule has 7 heteroatoms. The van der Waals surface area contributed by atoms with E-state index in [1.807, 2.05) is 0 Å². The largest absolute Gasteiger partial charge is 0.352 e. The van der Waals surface area contributed by atoms with Gasteiger partial charge in [-0.1, -0.05) is 31.2 Å². The third-order valence-electron chi connectivity index (χ3n) is 6.10. The Morgan fingerprint density at radius 2 is 1.79 bits per heavy atom. The Hall–Kier alpha value is -0.850. The molecule has 29 heavy (non-hydrogen) atoms. The van der Waals surface area contributed by atoms with Crippen molar-refractivity contribution in [3.05, 3.63) is 35.4 Å². The van der Waals surface area contributed by atoms with Crippen molar-refractivity contribution in [2.75, 3.05) is 39.3 Å². The molecule has 2 fully saturated rings. The predicted molar refractivity (Wildman–Crippen MR) is 125 cm³/mol. The first-order valence-corrected chi connectivity index (χ1v) is 10.6. The summed E-state index contributed by atoms with van der Waals surface area (Å²) in [5.74, 6) is 0.176. The van der Waals surface area contributed by atoms with Gasteiger partial charge in [0.15, 0.2) is 0 Å². The molecule has 0 radical (unpaired) electrons. The molecule has 5 nitrogen and oxygen atoms in total. The second kappa shape index (κ2) is 12.8. The molecule has 2 N–H and O–H groups in total. The minimum atomic E-state index is 0. The standard InChI is InChI=1S/C22H36N4O.2ClH/c1-4-18-5-7-19(8-6-18)21-15-23-11-14-26(21)16-22(27)24-20-9-12-25(13-10-20)17(2)3;;/h5-8,17,20-21,23H,4,9-16H2,1-3H3,(H,24,27);2*1H. The number of nitrogens with one attached hydrogen (secondary N) is 2. The van der Waals surface area contributed by atoms with Crippen molar-refractivity contribution in [3.8, 4) is 0 Å². The average Bonchev–Trinajstić information content (AvgIpc) is 2.69. The average molecular weight is 445 g/mol. The Kier molecular flexibility index (Phi) is 11.5. The van der Waals surface area contributed by atoms with Crippen LogP contribution in [-0.2, 0) is 11.2 Å². The molecule has 1 amide bonds. The van der Waals surface area contributed by atoms with E-state index in [1.165, 1.54) is 11.1 Å². The number of benzene rings is 1. The minimum absolute atomic E-state index is 0. The van der Waals surface area contributed by atoms with Crippen LogP contribution in [0.5, 0.6) is 0 Å². The maximum Gasteiger partial charge on any atom is 0.234 e. The van der Waals surface area contributed by atoms with E-state index in [4.69, 9.17) is 0 Å². The van der Waals surface area contributed by atoms with E-state index >= 15 is 0 Å². The van der Waals surface area contributed by atoms with Gasteiger partial charge in [0.2, 0.25) is 5.91 Å². The molecule has 1 aromatic carbocycles. The number of halogens is 2. The lowest BCUT2D eigenvalue weighted by molar-refractivity contribution is -0.124. The molecule has 1 atom stereocenters. The summed E-state index contributed by atoms with van der Waals surface area (Å²) in [6.45, 7) is 12.1. The fraction of sp³-hybridized carbons (Fsp3) is 0.682. The number of hydrogen-bond acceptors (Lipinski definition) is 4. The van der Waals surface area contributed by atoms with E-state index in [2.05, 4.69) is 65.5 Å². The van der Waals surface area contributed by atoms with Crippen molar-refractivity contribution in [2.45, 2.75) is 58.2 Å². The molecule has 1 aromatic rings. The van der Waals surface area contributed by atoms with E-state index in [9.17, 15) is 4.79 Å². The topological polar surface area (TPSA) is 47.6 Å². The van der Waals surface area contributed by atoms with Gasteiger partial charge in [0.25, 0.3) is 0 Å². The fourth-order valence-corrected chi connectivity index (χ4v) is 4.26. The zero-order chi connectivity index (χ0) is 19.2. The van der Waals surface area contributed by atoms with Crippen molar-refractivity contribution in [3.63, 3.8) is 0 Å². The van der Waals surface area contributed by atoms with Crippen LogP contribution in [0, 0.1) is 0 Å². The lowest BCUT2D eigenvalue weighted by atomic mass is 10.0. The van der Waals surface area contributed by atoms with Crippen molar-refractivity contribution < 1.29 is 4.79 Å². The van der Waals surface area contributed by atoms with Crippen molar-refractivity contribution >= 4 is 30.7 Å². The molecular weight excluding hydrogens is 407 g/mol. The summed E-state index contributed by atoms with van der Waals surface area (Å²) in [6.07, 6.45) is 3.19. The molecule has 0 bridgehead atoms. The van der Waals surface area contributed by atoms with Gasteiger partial charge in [-0.3, -0.25) is 9.69 Å². The van der Waals surface area contributed by atoms with Crippen molar-refractivity contribution in [2.24, 2.45) is 0 Å². The number of piperidine rings is 1. The van der Waals surface area contributed by atoms with Crippen LogP contribution >= 0.6 is 24.8 Å². The summed E-state index contributed by atoms with van der Waals surface area (Å²) in [6, 6.07) is 10.1. The lowest BCUT2D eigenvalue weighted by Crippen LogP contribution is -2.52. The quantitative estimate of drug-likeness (QED) is 0.707. The molecule has 166 valence electrons. The molecule has 1 unspecified atom stereocenters. The minimum Gasteiger partial charge on any atom is -0.352 e. The van der Waals surface area contributed by atoms with Crippen LogP contribution in [0.25, 0.3) is 0 Å². The maximum atomic E-state index is 12.7. The Balaban J connectivity index is 0.00000210. The highest BCUT2D eigenvalue weighted by molar-refractivity contribution is 5.85. The van der Waals surface area contributed by atoms with Gasteiger partial charge in [-0.2, -0.15) is 0 Å². The normalized spacial score (nSPS) is 21.3. The van der Waals surface area contributed by atoms with Crippen molar-refractivity contribution in [1.29, 1.82) is 0 Å². The second-order valence-electron chi connectivity index (χ2n) is 8.26. The zero-order valence-electron chi connectivity index (χ0n) is 18.0. The molecule has 2 aliphatic rings. The summed E-state index contributed by atoms with van der Waals surface area (Å²) in [5.41, 5.74) is 2.66. The number of hydrogen-bond donors (Lipinski definition) is 2. The predicted octanol–water partition coefficient (Wildman–Crippen LogP) is 3.03. The zero-order valence-corrected chi connectivity index (χ0v) is 19.7. The van der Waals surface area contributed by atoms with Gasteiger partial charge >= 0.3 is 0 Å². The molecule has 0 aliphatic carbocycles. The van der Waals surface area contributed by atoms with Gasteiger partial charge in [0, 0.05) is 50.8 Å². The van der Waals surface area contributed by atoms with Gasteiger partial charge in [0.1, 0.15) is 0 Å². The molecule has 2 heterocycles. The number of nitrogens with zero attached hydrogens (tertiary/aromatic N) is 2. The highest BCUT2D eigenvalue weighted by Crippen LogP contribution is 2.22. The Morgan fingerprint density at radius 3 is 2.38 bits per heavy atom. The molecule has 3 rings (SSSR count). The smallest absolute Gasteiger partial charge is 0.234 e. The van der Waals surface area contributed by atoms with Crippen molar-refractivity contribution in [1.82, 2.24) is 20.4 Å². The number of aryl methyl sites for hydroxylation is 1. The number of rotatable bonds is 6. The third kappa shape index (κ3) is 7.41. The maximum absolute atomic E-state index is 12.7. The number of amides is 1. The van der Waals surface area contributed by atoms with E-state index in [0.29, 0.717) is 18.6 Å². The van der Waals surface area contributed by atoms with Crippen LogP contribution in [0.15, 0.2) is 24.3 Å². The van der Waals surface area contributed by atoms with Crippen LogP contribution in [-0.4, -0.2) is 67.1 Å². The number of likely N-dealkylation sites (tertiary alicyclic amines) is 1. The Bertz CT molecular complexity index is 603. The van der Waals surface area contributed by atoms with Crippen LogP contribution in [0.1, 0.15) is 50.8 Å². The summed E-state index contributed by atoms with van der Waals surface area (Å²) in [7, 11) is 0. The summed E-state index contributed by atoms with van der Waals surface area (Å²) >= 11 is 0. The van der Waals surface area contributed by atoms with Gasteiger partial charge in [-0.05, 0) is 44.2 Å². The lowest BCUT2D eigenvalue weighted by Gasteiger charge is -2.37. The number of carbonyl (C=O) groups is 1. The van der Waals surface area contributed by atoms with E-state index < -0.39 is 0 Å². The van der Waals surface area contributed by atoms with Gasteiger partial charge in [-0.15, -0.1) is 24.8 Å². The SMILES string of the molecule is CCc1ccc(C2CNCCN2CC(=O)NC2CCN(C(C)C)CC2)cc1.Cl.Cl. The van der Waals surface area contributed by atoms with Gasteiger partial charge in [0.05, 0.1) is 6.54 Å². The number of carbonyl (C=O) groups excluding carboxylic acids is 1. The second-order valence-corrected chi connectivity index (χ2v) is 8.26. The first-order valence-electron chi connectivity index (χ1n) is 10.6.